The highest BCUT2D eigenvalue weighted by molar-refractivity contribution is 6.16. The molecule has 6 nitrogen and oxygen atoms in total. The normalized spacial score (nSPS) is 14.2. The van der Waals surface area contributed by atoms with Crippen molar-refractivity contribution in [2.45, 2.75) is 13.8 Å². The second-order valence-corrected chi connectivity index (χ2v) is 8.04. The molecule has 2 heterocycles. The number of hydrogen-bond donors (Lipinski definition) is 0. The fourth-order valence-electron chi connectivity index (χ4n) is 4.47. The van der Waals surface area contributed by atoms with Crippen LogP contribution in [0.1, 0.15) is 23.0 Å². The van der Waals surface area contributed by atoms with Crippen LogP contribution >= 0.6 is 0 Å². The van der Waals surface area contributed by atoms with Crippen molar-refractivity contribution >= 4 is 39.3 Å². The zero-order chi connectivity index (χ0) is 22.2. The number of benzene rings is 3. The van der Waals surface area contributed by atoms with E-state index in [0.717, 1.165) is 23.9 Å². The Bertz CT molecular complexity index is 1320. The molecule has 0 N–H and O–H groups in total. The SMILES string of the molecule is CC(=O)Oc1cc2c(C(=O)N3CCN(c4ccccc4)CC3)c(C)oc2c2ccccc12. The van der Waals surface area contributed by atoms with Crippen LogP contribution in [0.15, 0.2) is 65.1 Å². The number of anilines is 1. The van der Waals surface area contributed by atoms with Gasteiger partial charge in [-0.2, -0.15) is 0 Å². The summed E-state index contributed by atoms with van der Waals surface area (Å²) in [5.74, 6) is 0.544. The van der Waals surface area contributed by atoms with E-state index in [1.54, 1.807) is 6.07 Å². The van der Waals surface area contributed by atoms with Crippen LogP contribution in [0.2, 0.25) is 0 Å². The smallest absolute Gasteiger partial charge is 0.308 e. The van der Waals surface area contributed by atoms with Gasteiger partial charge in [-0.05, 0) is 25.1 Å². The number of piperazine rings is 1. The zero-order valence-electron chi connectivity index (χ0n) is 18.1. The Labute approximate surface area is 186 Å². The number of fused-ring (bicyclic) bond motifs is 3. The Kier molecular flexibility index (Phi) is 5.05. The third kappa shape index (κ3) is 3.47. The predicted molar refractivity (Wildman–Crippen MR) is 124 cm³/mol. The molecule has 0 bridgehead atoms. The van der Waals surface area contributed by atoms with Crippen molar-refractivity contribution < 1.29 is 18.7 Å². The number of carbonyl (C=O) groups excluding carboxylic acids is 2. The molecule has 1 aliphatic rings. The Hall–Kier alpha value is -3.80. The molecule has 3 aromatic carbocycles. The summed E-state index contributed by atoms with van der Waals surface area (Å²) < 4.78 is 11.6. The molecule has 1 amide bonds. The molecule has 5 rings (SSSR count). The van der Waals surface area contributed by atoms with Gasteiger partial charge < -0.3 is 19.0 Å². The molecule has 0 unspecified atom stereocenters. The molecule has 1 aromatic heterocycles. The van der Waals surface area contributed by atoms with E-state index in [0.29, 0.717) is 41.1 Å². The minimum Gasteiger partial charge on any atom is -0.460 e. The number of nitrogens with zero attached hydrogens (tertiary/aromatic N) is 2. The summed E-state index contributed by atoms with van der Waals surface area (Å²) in [4.78, 5) is 29.4. The van der Waals surface area contributed by atoms with Gasteiger partial charge in [0.15, 0.2) is 0 Å². The van der Waals surface area contributed by atoms with Crippen LogP contribution in [-0.2, 0) is 4.79 Å². The number of hydrogen-bond acceptors (Lipinski definition) is 5. The first kappa shape index (κ1) is 20.1. The number of furan rings is 1. The minimum absolute atomic E-state index is 0.0574. The highest BCUT2D eigenvalue weighted by Gasteiger charge is 2.28. The summed E-state index contributed by atoms with van der Waals surface area (Å²) in [6.07, 6.45) is 0. The van der Waals surface area contributed by atoms with E-state index >= 15 is 0 Å². The highest BCUT2D eigenvalue weighted by Crippen LogP contribution is 2.38. The molecule has 0 radical (unpaired) electrons. The third-order valence-electron chi connectivity index (χ3n) is 5.99. The lowest BCUT2D eigenvalue weighted by Crippen LogP contribution is -2.48. The fourth-order valence-corrected chi connectivity index (χ4v) is 4.47. The quantitative estimate of drug-likeness (QED) is 0.347. The summed E-state index contributed by atoms with van der Waals surface area (Å²) in [5, 5.41) is 2.27. The number of carbonyl (C=O) groups is 2. The van der Waals surface area contributed by atoms with Crippen molar-refractivity contribution in [2.75, 3.05) is 31.1 Å². The second kappa shape index (κ2) is 8.04. The minimum atomic E-state index is -0.403. The summed E-state index contributed by atoms with van der Waals surface area (Å²) >= 11 is 0. The molecule has 32 heavy (non-hydrogen) atoms. The van der Waals surface area contributed by atoms with Crippen molar-refractivity contribution in [1.29, 1.82) is 0 Å². The van der Waals surface area contributed by atoms with Crippen LogP contribution in [0.25, 0.3) is 21.7 Å². The van der Waals surface area contributed by atoms with Crippen molar-refractivity contribution in [2.24, 2.45) is 0 Å². The van der Waals surface area contributed by atoms with Crippen molar-refractivity contribution in [3.63, 3.8) is 0 Å². The van der Waals surface area contributed by atoms with Crippen LogP contribution < -0.4 is 9.64 Å². The lowest BCUT2D eigenvalue weighted by Gasteiger charge is -2.36. The predicted octanol–water partition coefficient (Wildman–Crippen LogP) is 4.78. The first-order chi connectivity index (χ1) is 15.5. The molecule has 1 saturated heterocycles. The van der Waals surface area contributed by atoms with E-state index in [4.69, 9.17) is 9.15 Å². The maximum Gasteiger partial charge on any atom is 0.308 e. The van der Waals surface area contributed by atoms with Gasteiger partial charge in [0.05, 0.1) is 5.56 Å². The molecular weight excluding hydrogens is 404 g/mol. The van der Waals surface area contributed by atoms with Crippen LogP contribution in [-0.4, -0.2) is 43.0 Å². The van der Waals surface area contributed by atoms with Crippen LogP contribution in [0.5, 0.6) is 5.75 Å². The van der Waals surface area contributed by atoms with Gasteiger partial charge in [0.1, 0.15) is 17.1 Å². The van der Waals surface area contributed by atoms with Gasteiger partial charge in [0.25, 0.3) is 5.91 Å². The number of para-hydroxylation sites is 1. The highest BCUT2D eigenvalue weighted by atomic mass is 16.5. The summed E-state index contributed by atoms with van der Waals surface area (Å²) in [5.41, 5.74) is 2.34. The Balaban J connectivity index is 1.50. The number of rotatable bonds is 3. The van der Waals surface area contributed by atoms with Crippen molar-refractivity contribution in [3.05, 3.63) is 72.0 Å². The molecule has 0 saturated carbocycles. The fraction of sp³-hybridized carbons (Fsp3) is 0.231. The van der Waals surface area contributed by atoms with Crippen molar-refractivity contribution in [1.82, 2.24) is 4.90 Å². The second-order valence-electron chi connectivity index (χ2n) is 8.04. The zero-order valence-corrected chi connectivity index (χ0v) is 18.1. The topological polar surface area (TPSA) is 63.0 Å². The van der Waals surface area contributed by atoms with Gasteiger partial charge in [-0.1, -0.05) is 42.5 Å². The monoisotopic (exact) mass is 428 g/mol. The molecule has 1 aliphatic heterocycles. The molecule has 0 aliphatic carbocycles. The Morgan fingerprint density at radius 1 is 0.875 bits per heavy atom. The molecule has 162 valence electrons. The van der Waals surface area contributed by atoms with Crippen LogP contribution in [0.3, 0.4) is 0 Å². The van der Waals surface area contributed by atoms with E-state index in [9.17, 15) is 9.59 Å². The number of esters is 1. The average Bonchev–Trinajstić information content (AvgIpc) is 3.15. The molecule has 0 atom stereocenters. The van der Waals surface area contributed by atoms with Gasteiger partial charge in [0.2, 0.25) is 0 Å². The molecule has 0 spiro atoms. The van der Waals surface area contributed by atoms with E-state index < -0.39 is 5.97 Å². The first-order valence-electron chi connectivity index (χ1n) is 10.8. The lowest BCUT2D eigenvalue weighted by molar-refractivity contribution is -0.131. The number of amides is 1. The molecular formula is C26H24N2O4. The maximum atomic E-state index is 13.5. The Morgan fingerprint density at radius 3 is 2.22 bits per heavy atom. The maximum absolute atomic E-state index is 13.5. The standard InChI is InChI=1S/C26H24N2O4/c1-17-24(26(30)28-14-12-27(13-15-28)19-8-4-3-5-9-19)22-16-23(32-18(2)29)20-10-6-7-11-21(20)25(22)31-17/h3-11,16H,12-15H2,1-2H3. The van der Waals surface area contributed by atoms with Gasteiger partial charge >= 0.3 is 5.97 Å². The molecule has 4 aromatic rings. The van der Waals surface area contributed by atoms with Crippen molar-refractivity contribution in [3.8, 4) is 5.75 Å². The molecule has 1 fully saturated rings. The number of ether oxygens (including phenoxy) is 1. The lowest BCUT2D eigenvalue weighted by atomic mass is 10.0. The largest absolute Gasteiger partial charge is 0.460 e. The van der Waals surface area contributed by atoms with E-state index in [1.165, 1.54) is 12.6 Å². The summed E-state index contributed by atoms with van der Waals surface area (Å²) in [6, 6.07) is 19.6. The summed E-state index contributed by atoms with van der Waals surface area (Å²) in [6.45, 7) is 5.98. The first-order valence-corrected chi connectivity index (χ1v) is 10.8. The third-order valence-corrected chi connectivity index (χ3v) is 5.99. The van der Waals surface area contributed by atoms with Crippen LogP contribution in [0.4, 0.5) is 5.69 Å². The number of aryl methyl sites for hydroxylation is 1. The van der Waals surface area contributed by atoms with E-state index in [1.807, 2.05) is 54.3 Å². The van der Waals surface area contributed by atoms with E-state index in [2.05, 4.69) is 17.0 Å². The van der Waals surface area contributed by atoms with E-state index in [-0.39, 0.29) is 5.91 Å². The van der Waals surface area contributed by atoms with Gasteiger partial charge in [-0.25, -0.2) is 0 Å². The average molecular weight is 428 g/mol. The van der Waals surface area contributed by atoms with Crippen LogP contribution in [0, 0.1) is 6.92 Å². The summed E-state index contributed by atoms with van der Waals surface area (Å²) in [7, 11) is 0. The van der Waals surface area contributed by atoms with Gasteiger partial charge in [0, 0.05) is 54.9 Å². The molecule has 6 heteroatoms. The van der Waals surface area contributed by atoms with Gasteiger partial charge in [-0.15, -0.1) is 0 Å². The Morgan fingerprint density at radius 2 is 1.53 bits per heavy atom. The van der Waals surface area contributed by atoms with Gasteiger partial charge in [-0.3, -0.25) is 9.59 Å².